The zero-order valence-electron chi connectivity index (χ0n) is 12.7. The molecule has 0 unspecified atom stereocenters. The van der Waals surface area contributed by atoms with Crippen LogP contribution in [0.15, 0.2) is 29.4 Å². The summed E-state index contributed by atoms with van der Waals surface area (Å²) >= 11 is 5.89. The first-order chi connectivity index (χ1) is 11.1. The summed E-state index contributed by atoms with van der Waals surface area (Å²) in [4.78, 5) is 26.0. The first kappa shape index (κ1) is 16.0. The first-order valence-corrected chi connectivity index (χ1v) is 8.00. The van der Waals surface area contributed by atoms with Gasteiger partial charge in [-0.25, -0.2) is 5.01 Å². The van der Waals surface area contributed by atoms with Gasteiger partial charge in [0.2, 0.25) is 11.8 Å². The van der Waals surface area contributed by atoms with Crippen molar-refractivity contribution in [1.82, 2.24) is 9.91 Å². The molecule has 6 nitrogen and oxygen atoms in total. The molecule has 0 N–H and O–H groups in total. The summed E-state index contributed by atoms with van der Waals surface area (Å²) in [6, 6.07) is 7.33. The Kier molecular flexibility index (Phi) is 4.93. The summed E-state index contributed by atoms with van der Waals surface area (Å²) in [5.41, 5.74) is 1.72. The first-order valence-electron chi connectivity index (χ1n) is 7.63. The second kappa shape index (κ2) is 7.10. The fourth-order valence-corrected chi connectivity index (χ4v) is 2.74. The lowest BCUT2D eigenvalue weighted by Gasteiger charge is -2.29. The van der Waals surface area contributed by atoms with Crippen LogP contribution in [0.3, 0.4) is 0 Å². The number of nitrogens with zero attached hydrogens (tertiary/aromatic N) is 3. The second-order valence-electron chi connectivity index (χ2n) is 5.50. The number of hydrazone groups is 1. The second-order valence-corrected chi connectivity index (χ2v) is 5.93. The van der Waals surface area contributed by atoms with Crippen LogP contribution in [0.25, 0.3) is 0 Å². The summed E-state index contributed by atoms with van der Waals surface area (Å²) in [5.74, 6) is -0.216. The van der Waals surface area contributed by atoms with Crippen LogP contribution in [-0.4, -0.2) is 60.3 Å². The highest BCUT2D eigenvalue weighted by molar-refractivity contribution is 6.30. The topological polar surface area (TPSA) is 62.2 Å². The van der Waals surface area contributed by atoms with Crippen LogP contribution in [0.1, 0.15) is 18.4 Å². The Morgan fingerprint density at radius 3 is 2.57 bits per heavy atom. The van der Waals surface area contributed by atoms with E-state index >= 15 is 0 Å². The number of halogens is 1. The van der Waals surface area contributed by atoms with Gasteiger partial charge in [0.05, 0.1) is 18.9 Å². The van der Waals surface area contributed by atoms with E-state index in [9.17, 15) is 9.59 Å². The molecule has 1 fully saturated rings. The van der Waals surface area contributed by atoms with E-state index in [4.69, 9.17) is 16.3 Å². The molecule has 0 spiro atoms. The number of hydrogen-bond acceptors (Lipinski definition) is 4. The Hall–Kier alpha value is -1.92. The maximum atomic E-state index is 12.3. The summed E-state index contributed by atoms with van der Waals surface area (Å²) in [7, 11) is 0. The Morgan fingerprint density at radius 1 is 1.17 bits per heavy atom. The summed E-state index contributed by atoms with van der Waals surface area (Å²) in [5, 5.41) is 6.31. The minimum Gasteiger partial charge on any atom is -0.378 e. The van der Waals surface area contributed by atoms with E-state index in [1.807, 2.05) is 12.1 Å². The molecule has 0 atom stereocenters. The van der Waals surface area contributed by atoms with Crippen LogP contribution in [0.5, 0.6) is 0 Å². The van der Waals surface area contributed by atoms with Crippen LogP contribution < -0.4 is 0 Å². The van der Waals surface area contributed by atoms with Crippen molar-refractivity contribution >= 4 is 29.1 Å². The molecule has 2 aliphatic rings. The molecular weight excluding hydrogens is 318 g/mol. The molecule has 3 rings (SSSR count). The molecule has 0 aromatic heterocycles. The van der Waals surface area contributed by atoms with Gasteiger partial charge < -0.3 is 9.64 Å². The zero-order chi connectivity index (χ0) is 16.2. The molecule has 2 heterocycles. The lowest BCUT2D eigenvalue weighted by Crippen LogP contribution is -2.46. The predicted molar refractivity (Wildman–Crippen MR) is 86.3 cm³/mol. The lowest BCUT2D eigenvalue weighted by atomic mass is 10.0. The van der Waals surface area contributed by atoms with Crippen molar-refractivity contribution in [3.8, 4) is 0 Å². The molecule has 1 saturated heterocycles. The third kappa shape index (κ3) is 3.89. The third-order valence-corrected chi connectivity index (χ3v) is 4.18. The molecule has 1 aromatic carbocycles. The largest absolute Gasteiger partial charge is 0.378 e. The Balaban J connectivity index is 1.71. The van der Waals surface area contributed by atoms with Crippen molar-refractivity contribution in [3.63, 3.8) is 0 Å². The highest BCUT2D eigenvalue weighted by atomic mass is 35.5. The Morgan fingerprint density at radius 2 is 1.87 bits per heavy atom. The van der Waals surface area contributed by atoms with Gasteiger partial charge in [-0.05, 0) is 17.7 Å². The quantitative estimate of drug-likeness (QED) is 0.841. The minimum atomic E-state index is -0.121. The molecule has 1 aromatic rings. The normalized spacial score (nSPS) is 18.8. The van der Waals surface area contributed by atoms with E-state index in [1.165, 1.54) is 5.01 Å². The number of carbonyl (C=O) groups excluding carboxylic acids is 2. The summed E-state index contributed by atoms with van der Waals surface area (Å²) in [6.07, 6.45) is 0.931. The lowest BCUT2D eigenvalue weighted by molar-refractivity contribution is -0.143. The fraction of sp³-hybridized carbons (Fsp3) is 0.438. The van der Waals surface area contributed by atoms with E-state index in [2.05, 4.69) is 5.10 Å². The molecule has 7 heteroatoms. The zero-order valence-corrected chi connectivity index (χ0v) is 13.5. The van der Waals surface area contributed by atoms with Gasteiger partial charge in [0.15, 0.2) is 0 Å². The summed E-state index contributed by atoms with van der Waals surface area (Å²) in [6.45, 7) is 2.19. The molecule has 23 heavy (non-hydrogen) atoms. The van der Waals surface area contributed by atoms with Gasteiger partial charge in [-0.3, -0.25) is 9.59 Å². The van der Waals surface area contributed by atoms with Crippen molar-refractivity contribution in [2.75, 3.05) is 32.8 Å². The fourth-order valence-electron chi connectivity index (χ4n) is 2.61. The highest BCUT2D eigenvalue weighted by Gasteiger charge is 2.26. The average molecular weight is 336 g/mol. The molecule has 2 aliphatic heterocycles. The van der Waals surface area contributed by atoms with E-state index in [0.29, 0.717) is 44.2 Å². The van der Waals surface area contributed by atoms with Crippen LogP contribution in [0, 0.1) is 0 Å². The van der Waals surface area contributed by atoms with Gasteiger partial charge >= 0.3 is 0 Å². The van der Waals surface area contributed by atoms with Crippen LogP contribution in [-0.2, 0) is 14.3 Å². The van der Waals surface area contributed by atoms with Crippen LogP contribution in [0.4, 0.5) is 0 Å². The SMILES string of the molecule is O=C(CN1N=C(c2ccc(Cl)cc2)CCC1=O)N1CCOCC1. The molecule has 0 radical (unpaired) electrons. The Labute approximate surface area is 139 Å². The van der Waals surface area contributed by atoms with E-state index in [1.54, 1.807) is 17.0 Å². The van der Waals surface area contributed by atoms with Crippen molar-refractivity contribution in [1.29, 1.82) is 0 Å². The number of ether oxygens (including phenoxy) is 1. The van der Waals surface area contributed by atoms with Gasteiger partial charge in [0.1, 0.15) is 6.54 Å². The molecule has 0 saturated carbocycles. The molecule has 122 valence electrons. The van der Waals surface area contributed by atoms with Gasteiger partial charge in [0.25, 0.3) is 0 Å². The minimum absolute atomic E-state index is 0.0179. The third-order valence-electron chi connectivity index (χ3n) is 3.93. The van der Waals surface area contributed by atoms with Crippen LogP contribution >= 0.6 is 11.6 Å². The van der Waals surface area contributed by atoms with Gasteiger partial charge in [-0.2, -0.15) is 5.10 Å². The maximum Gasteiger partial charge on any atom is 0.244 e. The maximum absolute atomic E-state index is 12.3. The van der Waals surface area contributed by atoms with Crippen molar-refractivity contribution in [3.05, 3.63) is 34.9 Å². The number of carbonyl (C=O) groups is 2. The van der Waals surface area contributed by atoms with E-state index in [-0.39, 0.29) is 18.4 Å². The molecule has 0 bridgehead atoms. The molecule has 2 amide bonds. The van der Waals surface area contributed by atoms with Gasteiger partial charge in [0, 0.05) is 31.0 Å². The standard InChI is InChI=1S/C16H18ClN3O3/c17-13-3-1-12(2-4-13)14-5-6-15(21)20(18-14)11-16(22)19-7-9-23-10-8-19/h1-4H,5-11H2. The summed E-state index contributed by atoms with van der Waals surface area (Å²) < 4.78 is 5.23. The predicted octanol–water partition coefficient (Wildman–Crippen LogP) is 1.53. The highest BCUT2D eigenvalue weighted by Crippen LogP contribution is 2.17. The number of rotatable bonds is 3. The molecular formula is C16H18ClN3O3. The number of morpholine rings is 1. The number of benzene rings is 1. The van der Waals surface area contributed by atoms with E-state index < -0.39 is 0 Å². The van der Waals surface area contributed by atoms with Gasteiger partial charge in [-0.1, -0.05) is 23.7 Å². The number of hydrogen-bond donors (Lipinski definition) is 0. The Bertz CT molecular complexity index is 624. The number of amides is 2. The van der Waals surface area contributed by atoms with Crippen molar-refractivity contribution < 1.29 is 14.3 Å². The smallest absolute Gasteiger partial charge is 0.244 e. The van der Waals surface area contributed by atoms with Gasteiger partial charge in [-0.15, -0.1) is 0 Å². The van der Waals surface area contributed by atoms with Crippen LogP contribution in [0.2, 0.25) is 5.02 Å². The van der Waals surface area contributed by atoms with E-state index in [0.717, 1.165) is 11.3 Å². The average Bonchev–Trinajstić information content (AvgIpc) is 2.58. The van der Waals surface area contributed by atoms with Crippen molar-refractivity contribution in [2.24, 2.45) is 5.10 Å². The van der Waals surface area contributed by atoms with Crippen molar-refractivity contribution in [2.45, 2.75) is 12.8 Å². The monoisotopic (exact) mass is 335 g/mol. The molecule has 0 aliphatic carbocycles.